The van der Waals surface area contributed by atoms with Crippen LogP contribution >= 0.6 is 11.8 Å². The number of fused-ring (bicyclic) bond motifs is 1. The van der Waals surface area contributed by atoms with Gasteiger partial charge in [0.15, 0.2) is 11.5 Å². The normalized spacial score (nSPS) is 19.8. The van der Waals surface area contributed by atoms with E-state index in [1.165, 1.54) is 6.33 Å². The van der Waals surface area contributed by atoms with E-state index in [2.05, 4.69) is 19.9 Å². The van der Waals surface area contributed by atoms with Gasteiger partial charge in [-0.3, -0.25) is 4.79 Å². The Labute approximate surface area is 113 Å². The monoisotopic (exact) mass is 279 g/mol. The number of carbonyl (C=O) groups is 1. The summed E-state index contributed by atoms with van der Waals surface area (Å²) in [7, 11) is 0. The molecule has 0 aliphatic carbocycles. The molecule has 3 rings (SSSR count). The van der Waals surface area contributed by atoms with Crippen LogP contribution in [0.2, 0.25) is 0 Å². The van der Waals surface area contributed by atoms with Gasteiger partial charge in [0, 0.05) is 24.1 Å². The SMILES string of the molecule is O=C(O)CC1CSCCN1c1ncnc2nc[nH]c12. The molecular formula is C11H13N5O2S. The molecule has 1 aliphatic rings. The van der Waals surface area contributed by atoms with Crippen molar-refractivity contribution < 1.29 is 9.90 Å². The number of H-pyrrole nitrogens is 1. The van der Waals surface area contributed by atoms with Crippen molar-refractivity contribution in [3.63, 3.8) is 0 Å². The Morgan fingerprint density at radius 1 is 1.53 bits per heavy atom. The average molecular weight is 279 g/mol. The number of carboxylic acids is 1. The van der Waals surface area contributed by atoms with Crippen molar-refractivity contribution in [1.29, 1.82) is 0 Å². The molecule has 1 atom stereocenters. The van der Waals surface area contributed by atoms with Crippen LogP contribution in [0.1, 0.15) is 6.42 Å². The fraction of sp³-hybridized carbons (Fsp3) is 0.455. The first-order valence-electron chi connectivity index (χ1n) is 5.96. The van der Waals surface area contributed by atoms with Crippen LogP contribution in [-0.2, 0) is 4.79 Å². The molecule has 7 nitrogen and oxygen atoms in total. The van der Waals surface area contributed by atoms with Gasteiger partial charge in [-0.15, -0.1) is 0 Å². The first-order valence-corrected chi connectivity index (χ1v) is 7.11. The summed E-state index contributed by atoms with van der Waals surface area (Å²) in [6, 6.07) is -0.0438. The first kappa shape index (κ1) is 12.2. The van der Waals surface area contributed by atoms with Gasteiger partial charge in [-0.1, -0.05) is 0 Å². The highest BCUT2D eigenvalue weighted by molar-refractivity contribution is 7.99. The van der Waals surface area contributed by atoms with Crippen LogP contribution < -0.4 is 4.90 Å². The summed E-state index contributed by atoms with van der Waals surface area (Å²) in [6.45, 7) is 0.785. The van der Waals surface area contributed by atoms with Crippen molar-refractivity contribution in [2.75, 3.05) is 23.0 Å². The van der Waals surface area contributed by atoms with Crippen molar-refractivity contribution in [2.24, 2.45) is 0 Å². The van der Waals surface area contributed by atoms with Gasteiger partial charge >= 0.3 is 5.97 Å². The maximum atomic E-state index is 11.0. The molecule has 2 aromatic heterocycles. The minimum Gasteiger partial charge on any atom is -0.481 e. The lowest BCUT2D eigenvalue weighted by atomic mass is 10.2. The molecule has 0 radical (unpaired) electrons. The Bertz CT molecular complexity index is 602. The molecule has 100 valence electrons. The molecule has 0 amide bonds. The summed E-state index contributed by atoms with van der Waals surface area (Å²) >= 11 is 1.78. The average Bonchev–Trinajstić information content (AvgIpc) is 2.87. The highest BCUT2D eigenvalue weighted by Crippen LogP contribution is 2.27. The Morgan fingerprint density at radius 2 is 2.42 bits per heavy atom. The van der Waals surface area contributed by atoms with E-state index < -0.39 is 5.97 Å². The van der Waals surface area contributed by atoms with Gasteiger partial charge in [0.1, 0.15) is 11.8 Å². The van der Waals surface area contributed by atoms with E-state index in [1.54, 1.807) is 18.1 Å². The van der Waals surface area contributed by atoms with Crippen LogP contribution in [0.4, 0.5) is 5.82 Å². The maximum Gasteiger partial charge on any atom is 0.305 e. The molecular weight excluding hydrogens is 266 g/mol. The van der Waals surface area contributed by atoms with Crippen molar-refractivity contribution in [1.82, 2.24) is 19.9 Å². The quantitative estimate of drug-likeness (QED) is 0.856. The molecule has 0 bridgehead atoms. The number of aromatic nitrogens is 4. The van der Waals surface area contributed by atoms with Gasteiger partial charge in [0.05, 0.1) is 12.7 Å². The van der Waals surface area contributed by atoms with Crippen molar-refractivity contribution in [2.45, 2.75) is 12.5 Å². The summed E-state index contributed by atoms with van der Waals surface area (Å²) in [4.78, 5) is 28.5. The lowest BCUT2D eigenvalue weighted by molar-refractivity contribution is -0.137. The lowest BCUT2D eigenvalue weighted by Crippen LogP contribution is -2.44. The number of hydrogen-bond acceptors (Lipinski definition) is 6. The summed E-state index contributed by atoms with van der Waals surface area (Å²) in [5, 5.41) is 9.01. The molecule has 0 saturated carbocycles. The number of aliphatic carboxylic acids is 1. The summed E-state index contributed by atoms with van der Waals surface area (Å²) in [6.07, 6.45) is 3.17. The van der Waals surface area contributed by atoms with Crippen LogP contribution in [0.15, 0.2) is 12.7 Å². The van der Waals surface area contributed by atoms with E-state index in [1.807, 2.05) is 4.90 Å². The summed E-state index contributed by atoms with van der Waals surface area (Å²) < 4.78 is 0. The van der Waals surface area contributed by atoms with Crippen LogP contribution in [0.3, 0.4) is 0 Å². The van der Waals surface area contributed by atoms with E-state index in [-0.39, 0.29) is 12.5 Å². The number of hydrogen-bond donors (Lipinski definition) is 2. The molecule has 8 heteroatoms. The second kappa shape index (κ2) is 5.04. The zero-order chi connectivity index (χ0) is 13.2. The second-order valence-corrected chi connectivity index (χ2v) is 5.47. The third-order valence-corrected chi connectivity index (χ3v) is 4.20. The van der Waals surface area contributed by atoms with Crippen molar-refractivity contribution in [3.05, 3.63) is 12.7 Å². The number of nitrogens with zero attached hydrogens (tertiary/aromatic N) is 4. The highest BCUT2D eigenvalue weighted by atomic mass is 32.2. The van der Waals surface area contributed by atoms with Gasteiger partial charge in [0.25, 0.3) is 0 Å². The highest BCUT2D eigenvalue weighted by Gasteiger charge is 2.27. The fourth-order valence-electron chi connectivity index (χ4n) is 2.27. The van der Waals surface area contributed by atoms with E-state index >= 15 is 0 Å². The van der Waals surface area contributed by atoms with Crippen molar-refractivity contribution >= 4 is 34.7 Å². The molecule has 1 saturated heterocycles. The van der Waals surface area contributed by atoms with Crippen LogP contribution in [0, 0.1) is 0 Å². The van der Waals surface area contributed by atoms with E-state index in [9.17, 15) is 4.79 Å². The number of nitrogens with one attached hydrogen (secondary N) is 1. The Kier molecular flexibility index (Phi) is 3.24. The molecule has 1 unspecified atom stereocenters. The van der Waals surface area contributed by atoms with Crippen LogP contribution in [0.5, 0.6) is 0 Å². The number of thioether (sulfide) groups is 1. The predicted octanol–water partition coefficient (Wildman–Crippen LogP) is 0.749. The molecule has 2 aromatic rings. The molecule has 1 fully saturated rings. The molecule has 0 aromatic carbocycles. The topological polar surface area (TPSA) is 95.0 Å². The molecule has 1 aliphatic heterocycles. The Hall–Kier alpha value is -1.83. The van der Waals surface area contributed by atoms with Gasteiger partial charge < -0.3 is 15.0 Å². The third-order valence-electron chi connectivity index (χ3n) is 3.11. The largest absolute Gasteiger partial charge is 0.481 e. The van der Waals surface area contributed by atoms with E-state index in [4.69, 9.17) is 5.11 Å². The van der Waals surface area contributed by atoms with Gasteiger partial charge in [-0.25, -0.2) is 15.0 Å². The Morgan fingerprint density at radius 3 is 3.26 bits per heavy atom. The zero-order valence-corrected chi connectivity index (χ0v) is 10.9. The number of aromatic amines is 1. The molecule has 0 spiro atoms. The van der Waals surface area contributed by atoms with Crippen LogP contribution in [0.25, 0.3) is 11.2 Å². The van der Waals surface area contributed by atoms with E-state index in [0.29, 0.717) is 5.65 Å². The molecule has 19 heavy (non-hydrogen) atoms. The minimum atomic E-state index is -0.785. The van der Waals surface area contributed by atoms with Gasteiger partial charge in [-0.05, 0) is 0 Å². The predicted molar refractivity (Wildman–Crippen MR) is 72.4 cm³/mol. The maximum absolute atomic E-state index is 11.0. The van der Waals surface area contributed by atoms with Crippen molar-refractivity contribution in [3.8, 4) is 0 Å². The number of anilines is 1. The zero-order valence-electron chi connectivity index (χ0n) is 10.1. The summed E-state index contributed by atoms with van der Waals surface area (Å²) in [5.74, 6) is 1.73. The number of carboxylic acid groups (broad SMARTS) is 1. The smallest absolute Gasteiger partial charge is 0.305 e. The number of imidazole rings is 1. The van der Waals surface area contributed by atoms with Crippen LogP contribution in [-0.4, -0.2) is 55.1 Å². The minimum absolute atomic E-state index is 0.0438. The summed E-state index contributed by atoms with van der Waals surface area (Å²) in [5.41, 5.74) is 1.38. The molecule has 3 heterocycles. The number of rotatable bonds is 3. The fourth-order valence-corrected chi connectivity index (χ4v) is 3.34. The second-order valence-electron chi connectivity index (χ2n) is 4.32. The molecule has 2 N–H and O–H groups in total. The van der Waals surface area contributed by atoms with Gasteiger partial charge in [0.2, 0.25) is 0 Å². The van der Waals surface area contributed by atoms with Gasteiger partial charge in [-0.2, -0.15) is 11.8 Å². The standard InChI is InChI=1S/C11H13N5O2S/c17-8(18)3-7-4-19-2-1-16(7)11-9-10(13-5-12-9)14-6-15-11/h5-7H,1-4H2,(H,17,18)(H,12,13,14,15). The first-order chi connectivity index (χ1) is 9.25. The third kappa shape index (κ3) is 2.35. The van der Waals surface area contributed by atoms with E-state index in [0.717, 1.165) is 29.4 Å². The lowest BCUT2D eigenvalue weighted by Gasteiger charge is -2.35. The Balaban J connectivity index is 1.97.